The van der Waals surface area contributed by atoms with E-state index in [9.17, 15) is 0 Å². The van der Waals surface area contributed by atoms with Crippen LogP contribution in [0.2, 0.25) is 0 Å². The van der Waals surface area contributed by atoms with Gasteiger partial charge in [0.25, 0.3) is 0 Å². The van der Waals surface area contributed by atoms with Crippen molar-refractivity contribution in [3.8, 4) is 0 Å². The van der Waals surface area contributed by atoms with Gasteiger partial charge in [-0.2, -0.15) is 0 Å². The first kappa shape index (κ1) is 11.0. The lowest BCUT2D eigenvalue weighted by atomic mass is 9.93. The Morgan fingerprint density at radius 3 is 2.69 bits per heavy atom. The Kier molecular flexibility index (Phi) is 5.40. The van der Waals surface area contributed by atoms with Gasteiger partial charge in [-0.3, -0.25) is 0 Å². The van der Waals surface area contributed by atoms with Gasteiger partial charge in [0.05, 0.1) is 6.61 Å². The fraction of sp³-hybridized carbons (Fsp3) is 1.00. The number of hydrogen-bond acceptors (Lipinski definition) is 2. The fourth-order valence-corrected chi connectivity index (χ4v) is 2.20. The van der Waals surface area contributed by atoms with Crippen molar-refractivity contribution in [1.29, 1.82) is 0 Å². The van der Waals surface area contributed by atoms with Gasteiger partial charge in [-0.15, -0.1) is 0 Å². The summed E-state index contributed by atoms with van der Waals surface area (Å²) in [4.78, 5) is 0. The van der Waals surface area contributed by atoms with E-state index in [2.05, 4.69) is 12.2 Å². The Hall–Kier alpha value is -0.0800. The van der Waals surface area contributed by atoms with E-state index in [0.717, 1.165) is 31.5 Å². The molecule has 78 valence electrons. The van der Waals surface area contributed by atoms with Gasteiger partial charge in [0.15, 0.2) is 0 Å². The first-order valence-corrected chi connectivity index (χ1v) is 5.54. The molecule has 1 aliphatic rings. The average Bonchev–Trinajstić information content (AvgIpc) is 2.65. The van der Waals surface area contributed by atoms with Crippen molar-refractivity contribution in [2.24, 2.45) is 11.8 Å². The highest BCUT2D eigenvalue weighted by molar-refractivity contribution is 4.73. The van der Waals surface area contributed by atoms with Crippen molar-refractivity contribution in [2.75, 3.05) is 26.8 Å². The smallest absolute Gasteiger partial charge is 0.0587 e. The number of hydrogen-bond donors (Lipinski definition) is 1. The molecule has 2 heteroatoms. The van der Waals surface area contributed by atoms with E-state index in [-0.39, 0.29) is 0 Å². The molecule has 0 aromatic rings. The second kappa shape index (κ2) is 6.39. The summed E-state index contributed by atoms with van der Waals surface area (Å²) in [5.74, 6) is 1.83. The Labute approximate surface area is 82.0 Å². The molecule has 1 N–H and O–H groups in total. The molecule has 2 nitrogen and oxygen atoms in total. The van der Waals surface area contributed by atoms with Crippen molar-refractivity contribution in [3.05, 3.63) is 0 Å². The number of nitrogens with one attached hydrogen (secondary N) is 1. The van der Waals surface area contributed by atoms with Crippen LogP contribution in [0.3, 0.4) is 0 Å². The summed E-state index contributed by atoms with van der Waals surface area (Å²) in [5, 5.41) is 3.44. The second-order valence-corrected chi connectivity index (χ2v) is 4.22. The third-order valence-corrected chi connectivity index (χ3v) is 3.15. The molecule has 1 fully saturated rings. The van der Waals surface area contributed by atoms with Crippen LogP contribution in [0.5, 0.6) is 0 Å². The van der Waals surface area contributed by atoms with E-state index >= 15 is 0 Å². The van der Waals surface area contributed by atoms with E-state index in [4.69, 9.17) is 4.74 Å². The predicted molar refractivity (Wildman–Crippen MR) is 55.9 cm³/mol. The minimum absolute atomic E-state index is 0.831. The topological polar surface area (TPSA) is 21.3 Å². The van der Waals surface area contributed by atoms with E-state index in [1.807, 2.05) is 0 Å². The number of ether oxygens (including phenoxy) is 1. The summed E-state index contributed by atoms with van der Waals surface area (Å²) in [6.45, 7) is 5.36. The van der Waals surface area contributed by atoms with Gasteiger partial charge in [0.2, 0.25) is 0 Å². The maximum absolute atomic E-state index is 4.99. The molecule has 0 saturated heterocycles. The highest BCUT2D eigenvalue weighted by Gasteiger charge is 2.20. The number of rotatable bonds is 6. The van der Waals surface area contributed by atoms with E-state index in [1.165, 1.54) is 25.7 Å². The lowest BCUT2D eigenvalue weighted by Crippen LogP contribution is -2.27. The zero-order valence-electron chi connectivity index (χ0n) is 9.01. The quantitative estimate of drug-likeness (QED) is 0.639. The summed E-state index contributed by atoms with van der Waals surface area (Å²) in [5.41, 5.74) is 0. The molecule has 0 bridgehead atoms. The average molecular weight is 185 g/mol. The van der Waals surface area contributed by atoms with Crippen LogP contribution in [-0.4, -0.2) is 26.8 Å². The third-order valence-electron chi connectivity index (χ3n) is 3.15. The molecule has 0 aromatic heterocycles. The van der Waals surface area contributed by atoms with Crippen LogP contribution in [0, 0.1) is 11.8 Å². The zero-order chi connectivity index (χ0) is 9.52. The summed E-state index contributed by atoms with van der Waals surface area (Å²) in [6, 6.07) is 0. The zero-order valence-corrected chi connectivity index (χ0v) is 9.01. The van der Waals surface area contributed by atoms with Crippen molar-refractivity contribution < 1.29 is 4.74 Å². The van der Waals surface area contributed by atoms with Crippen molar-refractivity contribution in [2.45, 2.75) is 32.6 Å². The SMILES string of the molecule is COCCNCC(C)C1CCCC1. The monoisotopic (exact) mass is 185 g/mol. The van der Waals surface area contributed by atoms with Crippen LogP contribution in [0.15, 0.2) is 0 Å². The predicted octanol–water partition coefficient (Wildman–Crippen LogP) is 2.05. The largest absolute Gasteiger partial charge is 0.383 e. The van der Waals surface area contributed by atoms with Gasteiger partial charge in [0.1, 0.15) is 0 Å². The molecule has 0 amide bonds. The summed E-state index contributed by atoms with van der Waals surface area (Å²) >= 11 is 0. The summed E-state index contributed by atoms with van der Waals surface area (Å²) < 4.78 is 4.99. The third kappa shape index (κ3) is 4.10. The standard InChI is InChI=1S/C11H23NO/c1-10(9-12-7-8-13-2)11-5-3-4-6-11/h10-12H,3-9H2,1-2H3. The maximum atomic E-state index is 4.99. The van der Waals surface area contributed by atoms with Crippen LogP contribution in [0.4, 0.5) is 0 Å². The Morgan fingerprint density at radius 2 is 2.08 bits per heavy atom. The second-order valence-electron chi connectivity index (χ2n) is 4.22. The lowest BCUT2D eigenvalue weighted by Gasteiger charge is -2.18. The Morgan fingerprint density at radius 1 is 1.38 bits per heavy atom. The van der Waals surface area contributed by atoms with Gasteiger partial charge < -0.3 is 10.1 Å². The van der Waals surface area contributed by atoms with E-state index < -0.39 is 0 Å². The fourth-order valence-electron chi connectivity index (χ4n) is 2.20. The molecule has 1 aliphatic carbocycles. The van der Waals surface area contributed by atoms with Crippen LogP contribution in [0.1, 0.15) is 32.6 Å². The molecule has 1 saturated carbocycles. The van der Waals surface area contributed by atoms with Gasteiger partial charge >= 0.3 is 0 Å². The minimum atomic E-state index is 0.831. The van der Waals surface area contributed by atoms with Crippen LogP contribution in [-0.2, 0) is 4.74 Å². The molecule has 0 radical (unpaired) electrons. The Bertz CT molecular complexity index is 121. The van der Waals surface area contributed by atoms with E-state index in [1.54, 1.807) is 7.11 Å². The van der Waals surface area contributed by atoms with Crippen molar-refractivity contribution >= 4 is 0 Å². The van der Waals surface area contributed by atoms with Crippen molar-refractivity contribution in [1.82, 2.24) is 5.32 Å². The Balaban J connectivity index is 1.99. The highest BCUT2D eigenvalue weighted by atomic mass is 16.5. The van der Waals surface area contributed by atoms with Crippen LogP contribution in [0.25, 0.3) is 0 Å². The molecule has 0 aromatic carbocycles. The minimum Gasteiger partial charge on any atom is -0.383 e. The molecule has 0 aliphatic heterocycles. The van der Waals surface area contributed by atoms with Gasteiger partial charge in [-0.05, 0) is 18.4 Å². The summed E-state index contributed by atoms with van der Waals surface area (Å²) in [7, 11) is 1.75. The van der Waals surface area contributed by atoms with E-state index in [0.29, 0.717) is 0 Å². The maximum Gasteiger partial charge on any atom is 0.0587 e. The summed E-state index contributed by atoms with van der Waals surface area (Å²) in [6.07, 6.45) is 5.81. The molecule has 1 rings (SSSR count). The molecule has 1 unspecified atom stereocenters. The van der Waals surface area contributed by atoms with Crippen LogP contribution >= 0.6 is 0 Å². The number of methoxy groups -OCH3 is 1. The molecule has 0 heterocycles. The lowest BCUT2D eigenvalue weighted by molar-refractivity contribution is 0.196. The van der Waals surface area contributed by atoms with Gasteiger partial charge in [-0.25, -0.2) is 0 Å². The molecule has 1 atom stereocenters. The van der Waals surface area contributed by atoms with Gasteiger partial charge in [0, 0.05) is 13.7 Å². The van der Waals surface area contributed by atoms with Gasteiger partial charge in [-0.1, -0.05) is 32.6 Å². The molecular formula is C11H23NO. The van der Waals surface area contributed by atoms with Crippen LogP contribution < -0.4 is 5.32 Å². The highest BCUT2D eigenvalue weighted by Crippen LogP contribution is 2.30. The molecule has 13 heavy (non-hydrogen) atoms. The first-order chi connectivity index (χ1) is 6.34. The molecular weight excluding hydrogens is 162 g/mol. The van der Waals surface area contributed by atoms with Crippen molar-refractivity contribution in [3.63, 3.8) is 0 Å². The molecule has 0 spiro atoms. The normalized spacial score (nSPS) is 20.8. The first-order valence-electron chi connectivity index (χ1n) is 5.54.